The van der Waals surface area contributed by atoms with Crippen LogP contribution in [0.25, 0.3) is 0 Å². The number of fused-ring (bicyclic) bond motifs is 1. The van der Waals surface area contributed by atoms with E-state index in [1.807, 2.05) is 12.1 Å². The number of rotatable bonds is 5. The first-order valence-corrected chi connectivity index (χ1v) is 8.66. The molecule has 2 aromatic rings. The third kappa shape index (κ3) is 3.79. The fraction of sp³-hybridized carbons (Fsp3) is 0.444. The van der Waals surface area contributed by atoms with Crippen LogP contribution >= 0.6 is 11.6 Å². The molecule has 0 radical (unpaired) electrons. The van der Waals surface area contributed by atoms with Crippen LogP contribution in [0.15, 0.2) is 30.6 Å². The summed E-state index contributed by atoms with van der Waals surface area (Å²) in [5.74, 6) is 1.96. The number of nitrogens with one attached hydrogen (secondary N) is 1. The Balaban J connectivity index is 1.76. The first-order valence-electron chi connectivity index (χ1n) is 8.28. The van der Waals surface area contributed by atoms with Crippen molar-refractivity contribution in [3.63, 3.8) is 0 Å². The minimum atomic E-state index is -0.0167. The van der Waals surface area contributed by atoms with Gasteiger partial charge in [-0.25, -0.2) is 9.97 Å². The molecule has 0 amide bonds. The van der Waals surface area contributed by atoms with Gasteiger partial charge in [0.1, 0.15) is 18.0 Å². The zero-order valence-electron chi connectivity index (χ0n) is 14.0. The van der Waals surface area contributed by atoms with Crippen molar-refractivity contribution in [1.82, 2.24) is 9.97 Å². The molecule has 5 nitrogen and oxygen atoms in total. The Morgan fingerprint density at radius 2 is 2.08 bits per heavy atom. The molecule has 0 saturated heterocycles. The van der Waals surface area contributed by atoms with E-state index in [1.165, 1.54) is 11.1 Å². The molecule has 0 aliphatic carbocycles. The lowest BCUT2D eigenvalue weighted by molar-refractivity contribution is 0.249. The van der Waals surface area contributed by atoms with Crippen LogP contribution in [0.1, 0.15) is 25.0 Å². The second-order valence-corrected chi connectivity index (χ2v) is 6.96. The molecule has 2 heterocycles. The number of benzene rings is 1. The Kier molecular flexibility index (Phi) is 5.21. The minimum absolute atomic E-state index is 0.0167. The molecule has 3 rings (SSSR count). The van der Waals surface area contributed by atoms with Gasteiger partial charge in [-0.1, -0.05) is 31.5 Å². The number of hydrogen-bond acceptors (Lipinski definition) is 5. The molecule has 1 aliphatic rings. The van der Waals surface area contributed by atoms with Gasteiger partial charge in [-0.05, 0) is 35.6 Å². The average Bonchev–Trinajstić information content (AvgIpc) is 2.59. The molecule has 0 bridgehead atoms. The standard InChI is InChI=1S/C18H23ClN4O/c1-12(2)16(10-24)22-17-8-18(21-11-20-17)23-6-5-13-7-15(19)4-3-14(13)9-23/h3-4,7-8,11-12,16,24H,5-6,9-10H2,1-2H3,(H,20,21,22)/t16-/m1/s1. The van der Waals surface area contributed by atoms with E-state index in [2.05, 4.69) is 46.2 Å². The van der Waals surface area contributed by atoms with Crippen molar-refractivity contribution in [3.05, 3.63) is 46.7 Å². The van der Waals surface area contributed by atoms with Crippen LogP contribution in [-0.4, -0.2) is 34.3 Å². The highest BCUT2D eigenvalue weighted by atomic mass is 35.5. The summed E-state index contributed by atoms with van der Waals surface area (Å²) >= 11 is 6.08. The molecular formula is C18H23ClN4O. The fourth-order valence-corrected chi connectivity index (χ4v) is 3.12. The molecule has 24 heavy (non-hydrogen) atoms. The van der Waals surface area contributed by atoms with E-state index in [0.717, 1.165) is 36.2 Å². The predicted molar refractivity (Wildman–Crippen MR) is 97.6 cm³/mol. The molecule has 0 spiro atoms. The highest BCUT2D eigenvalue weighted by molar-refractivity contribution is 6.30. The lowest BCUT2D eigenvalue weighted by atomic mass is 10.00. The van der Waals surface area contributed by atoms with Gasteiger partial charge < -0.3 is 15.3 Å². The Labute approximate surface area is 147 Å². The van der Waals surface area contributed by atoms with E-state index in [4.69, 9.17) is 11.6 Å². The number of hydrogen-bond donors (Lipinski definition) is 2. The van der Waals surface area contributed by atoms with Crippen molar-refractivity contribution in [2.45, 2.75) is 32.9 Å². The van der Waals surface area contributed by atoms with Crippen LogP contribution in [0.5, 0.6) is 0 Å². The monoisotopic (exact) mass is 346 g/mol. The zero-order chi connectivity index (χ0) is 17.1. The molecule has 128 valence electrons. The molecule has 1 aliphatic heterocycles. The van der Waals surface area contributed by atoms with Crippen LogP contribution in [0.4, 0.5) is 11.6 Å². The summed E-state index contributed by atoms with van der Waals surface area (Å²) in [6, 6.07) is 8.01. The molecule has 0 saturated carbocycles. The number of aliphatic hydroxyl groups is 1. The molecule has 1 aromatic heterocycles. The van der Waals surface area contributed by atoms with E-state index >= 15 is 0 Å². The highest BCUT2D eigenvalue weighted by Gasteiger charge is 2.19. The number of anilines is 2. The van der Waals surface area contributed by atoms with Crippen LogP contribution in [0.2, 0.25) is 5.02 Å². The van der Waals surface area contributed by atoms with Crippen molar-refractivity contribution in [2.75, 3.05) is 23.4 Å². The van der Waals surface area contributed by atoms with E-state index in [1.54, 1.807) is 6.33 Å². The largest absolute Gasteiger partial charge is 0.394 e. The quantitative estimate of drug-likeness (QED) is 0.871. The Morgan fingerprint density at radius 3 is 2.83 bits per heavy atom. The molecule has 1 atom stereocenters. The van der Waals surface area contributed by atoms with E-state index in [9.17, 15) is 5.11 Å². The van der Waals surface area contributed by atoms with Crippen molar-refractivity contribution in [2.24, 2.45) is 5.92 Å². The highest BCUT2D eigenvalue weighted by Crippen LogP contribution is 2.26. The molecule has 6 heteroatoms. The second kappa shape index (κ2) is 7.36. The van der Waals surface area contributed by atoms with Crippen molar-refractivity contribution in [1.29, 1.82) is 0 Å². The van der Waals surface area contributed by atoms with Crippen LogP contribution in [-0.2, 0) is 13.0 Å². The number of aromatic nitrogens is 2. The second-order valence-electron chi connectivity index (χ2n) is 6.52. The summed E-state index contributed by atoms with van der Waals surface area (Å²) in [5, 5.41) is 13.6. The van der Waals surface area contributed by atoms with E-state index in [0.29, 0.717) is 5.92 Å². The minimum Gasteiger partial charge on any atom is -0.394 e. The normalized spacial score (nSPS) is 15.3. The third-order valence-electron chi connectivity index (χ3n) is 4.49. The van der Waals surface area contributed by atoms with E-state index < -0.39 is 0 Å². The van der Waals surface area contributed by atoms with Gasteiger partial charge in [-0.3, -0.25) is 0 Å². The van der Waals surface area contributed by atoms with Crippen molar-refractivity contribution in [3.8, 4) is 0 Å². The molecule has 1 aromatic carbocycles. The topological polar surface area (TPSA) is 61.3 Å². The predicted octanol–water partition coefficient (Wildman–Crippen LogP) is 3.12. The Hall–Kier alpha value is -1.85. The molecule has 0 fully saturated rings. The fourth-order valence-electron chi connectivity index (χ4n) is 2.93. The zero-order valence-corrected chi connectivity index (χ0v) is 14.8. The molecular weight excluding hydrogens is 324 g/mol. The van der Waals surface area contributed by atoms with Gasteiger partial charge in [0.15, 0.2) is 0 Å². The van der Waals surface area contributed by atoms with Crippen LogP contribution in [0.3, 0.4) is 0 Å². The van der Waals surface area contributed by atoms with Gasteiger partial charge >= 0.3 is 0 Å². The van der Waals surface area contributed by atoms with Gasteiger partial charge in [0, 0.05) is 24.2 Å². The Morgan fingerprint density at radius 1 is 1.25 bits per heavy atom. The molecule has 0 unspecified atom stereocenters. The maximum atomic E-state index is 9.48. The molecule has 2 N–H and O–H groups in total. The summed E-state index contributed by atoms with van der Waals surface area (Å²) in [4.78, 5) is 10.9. The first kappa shape index (κ1) is 17.0. The van der Waals surface area contributed by atoms with Gasteiger partial charge in [0.2, 0.25) is 0 Å². The number of aliphatic hydroxyl groups excluding tert-OH is 1. The Bertz CT molecular complexity index is 707. The summed E-state index contributed by atoms with van der Waals surface area (Å²) in [6.45, 7) is 5.94. The number of halogens is 1. The average molecular weight is 347 g/mol. The third-order valence-corrected chi connectivity index (χ3v) is 4.73. The first-order chi connectivity index (χ1) is 11.6. The smallest absolute Gasteiger partial charge is 0.134 e. The van der Waals surface area contributed by atoms with Gasteiger partial charge in [0.05, 0.1) is 12.6 Å². The summed E-state index contributed by atoms with van der Waals surface area (Å²) in [5.41, 5.74) is 2.60. The number of nitrogens with zero attached hydrogens (tertiary/aromatic N) is 3. The van der Waals surface area contributed by atoms with Gasteiger partial charge in [-0.2, -0.15) is 0 Å². The SMILES string of the molecule is CC(C)[C@@H](CO)Nc1cc(N2CCc3cc(Cl)ccc3C2)ncn1. The van der Waals surface area contributed by atoms with Crippen LogP contribution in [0, 0.1) is 5.92 Å². The summed E-state index contributed by atoms with van der Waals surface area (Å²) < 4.78 is 0. The lowest BCUT2D eigenvalue weighted by Gasteiger charge is -2.30. The van der Waals surface area contributed by atoms with Gasteiger partial charge in [0.25, 0.3) is 0 Å². The lowest BCUT2D eigenvalue weighted by Crippen LogP contribution is -2.32. The van der Waals surface area contributed by atoms with Crippen LogP contribution < -0.4 is 10.2 Å². The van der Waals surface area contributed by atoms with E-state index in [-0.39, 0.29) is 12.6 Å². The maximum absolute atomic E-state index is 9.48. The van der Waals surface area contributed by atoms with Gasteiger partial charge in [-0.15, -0.1) is 0 Å². The van der Waals surface area contributed by atoms with Crippen molar-refractivity contribution < 1.29 is 5.11 Å². The van der Waals surface area contributed by atoms with Crippen molar-refractivity contribution >= 4 is 23.2 Å². The maximum Gasteiger partial charge on any atom is 0.134 e. The summed E-state index contributed by atoms with van der Waals surface area (Å²) in [7, 11) is 0. The summed E-state index contributed by atoms with van der Waals surface area (Å²) in [6.07, 6.45) is 2.53.